The van der Waals surface area contributed by atoms with E-state index in [0.717, 1.165) is 31.9 Å². The Balaban J connectivity index is 1.95. The monoisotopic (exact) mass is 209 g/mol. The zero-order chi connectivity index (χ0) is 10.9. The van der Waals surface area contributed by atoms with Gasteiger partial charge in [0.05, 0.1) is 5.69 Å². The summed E-state index contributed by atoms with van der Waals surface area (Å²) >= 11 is 0. The van der Waals surface area contributed by atoms with Crippen molar-refractivity contribution in [1.82, 2.24) is 25.2 Å². The molecule has 1 aromatic heterocycles. The second-order valence-electron chi connectivity index (χ2n) is 4.90. The molecule has 2 rings (SSSR count). The summed E-state index contributed by atoms with van der Waals surface area (Å²) in [5, 5.41) is 11.5. The summed E-state index contributed by atoms with van der Waals surface area (Å²) in [4.78, 5) is 2.42. The molecule has 5 heteroatoms. The molecule has 15 heavy (non-hydrogen) atoms. The number of aromatic nitrogens is 3. The van der Waals surface area contributed by atoms with Crippen LogP contribution in [0.1, 0.15) is 19.5 Å². The number of hydrogen-bond acceptors (Lipinski definition) is 4. The minimum atomic E-state index is 0.209. The summed E-state index contributed by atoms with van der Waals surface area (Å²) in [7, 11) is 1.90. The van der Waals surface area contributed by atoms with E-state index >= 15 is 0 Å². The lowest BCUT2D eigenvalue weighted by Crippen LogP contribution is -2.56. The van der Waals surface area contributed by atoms with Crippen molar-refractivity contribution in [2.45, 2.75) is 25.9 Å². The van der Waals surface area contributed by atoms with Crippen LogP contribution in [0.3, 0.4) is 0 Å². The number of rotatable bonds is 2. The number of nitrogens with zero attached hydrogens (tertiary/aromatic N) is 4. The van der Waals surface area contributed by atoms with Crippen LogP contribution in [0.2, 0.25) is 0 Å². The number of hydrogen-bond donors (Lipinski definition) is 1. The highest BCUT2D eigenvalue weighted by Crippen LogP contribution is 2.12. The molecule has 1 saturated heterocycles. The van der Waals surface area contributed by atoms with E-state index in [2.05, 4.69) is 34.4 Å². The molecule has 0 unspecified atom stereocenters. The molecule has 0 aliphatic carbocycles. The highest BCUT2D eigenvalue weighted by Gasteiger charge is 2.25. The fourth-order valence-corrected chi connectivity index (χ4v) is 2.08. The van der Waals surface area contributed by atoms with Gasteiger partial charge in [-0.15, -0.1) is 5.10 Å². The summed E-state index contributed by atoms with van der Waals surface area (Å²) < 4.78 is 1.75. The van der Waals surface area contributed by atoms with E-state index in [9.17, 15) is 0 Å². The molecule has 0 bridgehead atoms. The van der Waals surface area contributed by atoms with Crippen LogP contribution in [0.25, 0.3) is 0 Å². The number of nitrogens with one attached hydrogen (secondary N) is 1. The quantitative estimate of drug-likeness (QED) is 0.744. The zero-order valence-corrected chi connectivity index (χ0v) is 9.69. The smallest absolute Gasteiger partial charge is 0.0967 e. The maximum atomic E-state index is 4.11. The van der Waals surface area contributed by atoms with Crippen LogP contribution in [-0.2, 0) is 13.6 Å². The molecular formula is C10H19N5. The molecule has 1 N–H and O–H groups in total. The predicted octanol–water partition coefficient (Wildman–Crippen LogP) is -0.00110. The molecule has 0 saturated carbocycles. The van der Waals surface area contributed by atoms with Crippen molar-refractivity contribution in [3.63, 3.8) is 0 Å². The highest BCUT2D eigenvalue weighted by atomic mass is 15.4. The number of aryl methyl sites for hydroxylation is 1. The minimum Gasteiger partial charge on any atom is -0.309 e. The van der Waals surface area contributed by atoms with Gasteiger partial charge < -0.3 is 5.32 Å². The average molecular weight is 209 g/mol. The van der Waals surface area contributed by atoms with Crippen molar-refractivity contribution in [3.8, 4) is 0 Å². The first-order valence-corrected chi connectivity index (χ1v) is 5.38. The van der Waals surface area contributed by atoms with Gasteiger partial charge in [0, 0.05) is 45.0 Å². The maximum absolute atomic E-state index is 4.11. The van der Waals surface area contributed by atoms with Gasteiger partial charge in [0.25, 0.3) is 0 Å². The van der Waals surface area contributed by atoms with Crippen LogP contribution < -0.4 is 5.32 Å². The first-order chi connectivity index (χ1) is 7.05. The second kappa shape index (κ2) is 3.90. The largest absolute Gasteiger partial charge is 0.309 e. The predicted molar refractivity (Wildman–Crippen MR) is 58.4 cm³/mol. The SMILES string of the molecule is Cn1cc(CN2CCNC(C)(C)C2)nn1. The second-order valence-corrected chi connectivity index (χ2v) is 4.90. The molecule has 1 aromatic rings. The molecule has 5 nitrogen and oxygen atoms in total. The van der Waals surface area contributed by atoms with Crippen molar-refractivity contribution in [2.24, 2.45) is 7.05 Å². The molecule has 1 fully saturated rings. The molecule has 84 valence electrons. The fourth-order valence-electron chi connectivity index (χ4n) is 2.08. The van der Waals surface area contributed by atoms with Gasteiger partial charge in [-0.2, -0.15) is 0 Å². The normalized spacial score (nSPS) is 21.8. The third-order valence-corrected chi connectivity index (χ3v) is 2.69. The van der Waals surface area contributed by atoms with Crippen LogP contribution in [-0.4, -0.2) is 45.1 Å². The lowest BCUT2D eigenvalue weighted by atomic mass is 10.0. The van der Waals surface area contributed by atoms with Gasteiger partial charge in [-0.25, -0.2) is 0 Å². The van der Waals surface area contributed by atoms with Crippen LogP contribution in [0.4, 0.5) is 0 Å². The third kappa shape index (κ3) is 2.76. The molecule has 1 aliphatic rings. The lowest BCUT2D eigenvalue weighted by molar-refractivity contribution is 0.147. The molecule has 0 radical (unpaired) electrons. The van der Waals surface area contributed by atoms with Crippen molar-refractivity contribution in [2.75, 3.05) is 19.6 Å². The van der Waals surface area contributed by atoms with Crippen molar-refractivity contribution >= 4 is 0 Å². The molecule has 1 aliphatic heterocycles. The Hall–Kier alpha value is -0.940. The fraction of sp³-hybridized carbons (Fsp3) is 0.800. The Kier molecular flexibility index (Phi) is 2.75. The van der Waals surface area contributed by atoms with Crippen LogP contribution >= 0.6 is 0 Å². The Labute approximate surface area is 90.5 Å². The van der Waals surface area contributed by atoms with Gasteiger partial charge in [0.1, 0.15) is 0 Å². The van der Waals surface area contributed by atoms with Gasteiger partial charge in [0.2, 0.25) is 0 Å². The molecule has 0 spiro atoms. The Morgan fingerprint density at radius 2 is 2.33 bits per heavy atom. The molecule has 0 aromatic carbocycles. The van der Waals surface area contributed by atoms with E-state index < -0.39 is 0 Å². The standard InChI is InChI=1S/C10H19N5/c1-10(2)8-15(5-4-11-10)7-9-6-14(3)13-12-9/h6,11H,4-5,7-8H2,1-3H3. The Morgan fingerprint density at radius 1 is 1.53 bits per heavy atom. The van der Waals surface area contributed by atoms with E-state index in [1.165, 1.54) is 0 Å². The van der Waals surface area contributed by atoms with E-state index in [-0.39, 0.29) is 5.54 Å². The van der Waals surface area contributed by atoms with Gasteiger partial charge in [-0.05, 0) is 13.8 Å². The topological polar surface area (TPSA) is 46.0 Å². The summed E-state index contributed by atoms with van der Waals surface area (Å²) in [5.74, 6) is 0. The van der Waals surface area contributed by atoms with Crippen LogP contribution in [0, 0.1) is 0 Å². The molecular weight excluding hydrogens is 190 g/mol. The lowest BCUT2D eigenvalue weighted by Gasteiger charge is -2.38. The van der Waals surface area contributed by atoms with Gasteiger partial charge >= 0.3 is 0 Å². The van der Waals surface area contributed by atoms with Gasteiger partial charge in [0.15, 0.2) is 0 Å². The Morgan fingerprint density at radius 3 is 2.93 bits per heavy atom. The minimum absolute atomic E-state index is 0.209. The molecule has 2 heterocycles. The van der Waals surface area contributed by atoms with Crippen LogP contribution in [0.15, 0.2) is 6.20 Å². The molecule has 0 amide bonds. The van der Waals surface area contributed by atoms with E-state index in [4.69, 9.17) is 0 Å². The third-order valence-electron chi connectivity index (χ3n) is 2.69. The maximum Gasteiger partial charge on any atom is 0.0967 e. The van der Waals surface area contributed by atoms with E-state index in [1.807, 2.05) is 13.2 Å². The first-order valence-electron chi connectivity index (χ1n) is 5.38. The highest BCUT2D eigenvalue weighted by molar-refractivity contribution is 4.95. The van der Waals surface area contributed by atoms with Crippen molar-refractivity contribution < 1.29 is 0 Å². The van der Waals surface area contributed by atoms with Crippen molar-refractivity contribution in [3.05, 3.63) is 11.9 Å². The molecule has 0 atom stereocenters. The van der Waals surface area contributed by atoms with E-state index in [1.54, 1.807) is 4.68 Å². The summed E-state index contributed by atoms with van der Waals surface area (Å²) in [6.45, 7) is 8.56. The first kappa shape index (κ1) is 10.6. The van der Waals surface area contributed by atoms with Crippen molar-refractivity contribution in [1.29, 1.82) is 0 Å². The zero-order valence-electron chi connectivity index (χ0n) is 9.69. The average Bonchev–Trinajstić information content (AvgIpc) is 2.49. The van der Waals surface area contributed by atoms with Gasteiger partial charge in [-0.3, -0.25) is 9.58 Å². The Bertz CT molecular complexity index is 330. The summed E-state index contributed by atoms with van der Waals surface area (Å²) in [5.41, 5.74) is 1.26. The summed E-state index contributed by atoms with van der Waals surface area (Å²) in [6, 6.07) is 0. The number of piperazine rings is 1. The summed E-state index contributed by atoms with van der Waals surface area (Å²) in [6.07, 6.45) is 1.98. The van der Waals surface area contributed by atoms with Gasteiger partial charge in [-0.1, -0.05) is 5.21 Å². The van der Waals surface area contributed by atoms with Crippen LogP contribution in [0.5, 0.6) is 0 Å². The van der Waals surface area contributed by atoms with E-state index in [0.29, 0.717) is 0 Å².